The lowest BCUT2D eigenvalue weighted by Crippen LogP contribution is -2.11. The predicted molar refractivity (Wildman–Crippen MR) is 88.8 cm³/mol. The molecule has 0 spiro atoms. The van der Waals surface area contributed by atoms with E-state index in [-0.39, 0.29) is 0 Å². The molecule has 0 saturated carbocycles. The van der Waals surface area contributed by atoms with Crippen LogP contribution in [0.25, 0.3) is 10.9 Å². The van der Waals surface area contributed by atoms with Crippen LogP contribution in [0.4, 0.5) is 11.5 Å². The highest BCUT2D eigenvalue weighted by atomic mass is 32.1. The Morgan fingerprint density at radius 2 is 2.19 bits per heavy atom. The number of benzene rings is 1. The van der Waals surface area contributed by atoms with E-state index in [1.54, 1.807) is 6.20 Å². The van der Waals surface area contributed by atoms with E-state index in [0.29, 0.717) is 10.8 Å². The number of hydrogen-bond acceptors (Lipinski definition) is 4. The fraction of sp³-hybridized carbons (Fsp3) is 0.133. The first-order valence-electron chi connectivity index (χ1n) is 6.66. The zero-order valence-electron chi connectivity index (χ0n) is 11.6. The number of aryl methyl sites for hydroxylation is 1. The summed E-state index contributed by atoms with van der Waals surface area (Å²) in [6.07, 6.45) is 3.69. The molecule has 5 nitrogen and oxygen atoms in total. The Labute approximate surface area is 127 Å². The molecule has 0 bridgehead atoms. The summed E-state index contributed by atoms with van der Waals surface area (Å²) in [5.74, 6) is 0.701. The Hall–Kier alpha value is -2.47. The summed E-state index contributed by atoms with van der Waals surface area (Å²) < 4.78 is 1.85. The van der Waals surface area contributed by atoms with E-state index in [1.807, 2.05) is 48.1 Å². The van der Waals surface area contributed by atoms with Gasteiger partial charge in [0, 0.05) is 23.7 Å². The van der Waals surface area contributed by atoms with Gasteiger partial charge < -0.3 is 11.1 Å². The van der Waals surface area contributed by atoms with Gasteiger partial charge in [0.1, 0.15) is 10.8 Å². The highest BCUT2D eigenvalue weighted by Gasteiger charge is 2.08. The Kier molecular flexibility index (Phi) is 3.53. The largest absolute Gasteiger partial charge is 0.389 e. The third-order valence-corrected chi connectivity index (χ3v) is 3.43. The van der Waals surface area contributed by atoms with Crippen LogP contribution in [0, 0.1) is 0 Å². The van der Waals surface area contributed by atoms with Gasteiger partial charge in [0.05, 0.1) is 17.4 Å². The molecule has 2 heterocycles. The Morgan fingerprint density at radius 3 is 2.90 bits per heavy atom. The molecule has 0 atom stereocenters. The van der Waals surface area contributed by atoms with Crippen molar-refractivity contribution in [2.75, 3.05) is 5.32 Å². The van der Waals surface area contributed by atoms with Gasteiger partial charge in [-0.05, 0) is 19.1 Å². The summed E-state index contributed by atoms with van der Waals surface area (Å²) in [5, 5.41) is 8.42. The second-order valence-electron chi connectivity index (χ2n) is 4.65. The minimum Gasteiger partial charge on any atom is -0.389 e. The standard InChI is InChI=1S/C15H15N5S/c1-2-20-9-10(8-17-20)18-14-7-12(15(16)21)11-5-3-4-6-13(11)19-14/h3-9H,2H2,1H3,(H2,16,21)(H,18,19). The van der Waals surface area contributed by atoms with Gasteiger partial charge in [-0.2, -0.15) is 5.10 Å². The van der Waals surface area contributed by atoms with Crippen LogP contribution in [0.3, 0.4) is 0 Å². The number of nitrogens with two attached hydrogens (primary N) is 1. The van der Waals surface area contributed by atoms with Crippen LogP contribution in [-0.4, -0.2) is 19.8 Å². The van der Waals surface area contributed by atoms with Crippen molar-refractivity contribution < 1.29 is 0 Å². The molecule has 6 heteroatoms. The number of hydrogen-bond donors (Lipinski definition) is 2. The first-order chi connectivity index (χ1) is 10.2. The SMILES string of the molecule is CCn1cc(Nc2cc(C(N)=S)c3ccccc3n2)cn1. The topological polar surface area (TPSA) is 68.8 Å². The number of thiocarbonyl (C=S) groups is 1. The number of anilines is 2. The van der Waals surface area contributed by atoms with Crippen LogP contribution in [0.15, 0.2) is 42.7 Å². The minimum absolute atomic E-state index is 0.362. The molecule has 3 N–H and O–H groups in total. The number of pyridine rings is 1. The lowest BCUT2D eigenvalue weighted by atomic mass is 10.1. The van der Waals surface area contributed by atoms with Gasteiger partial charge in [-0.3, -0.25) is 4.68 Å². The average molecular weight is 297 g/mol. The zero-order chi connectivity index (χ0) is 14.8. The Bertz CT molecular complexity index is 809. The monoisotopic (exact) mass is 297 g/mol. The van der Waals surface area contributed by atoms with Gasteiger partial charge in [0.25, 0.3) is 0 Å². The molecule has 21 heavy (non-hydrogen) atoms. The number of nitrogens with zero attached hydrogens (tertiary/aromatic N) is 3. The molecule has 0 saturated heterocycles. The third kappa shape index (κ3) is 2.71. The average Bonchev–Trinajstić information content (AvgIpc) is 2.94. The Morgan fingerprint density at radius 1 is 1.38 bits per heavy atom. The molecular formula is C15H15N5S. The predicted octanol–water partition coefficient (Wildman–Crippen LogP) is 2.83. The highest BCUT2D eigenvalue weighted by Crippen LogP contribution is 2.23. The molecular weight excluding hydrogens is 282 g/mol. The summed E-state index contributed by atoms with van der Waals surface area (Å²) in [5.41, 5.74) is 8.39. The van der Waals surface area contributed by atoms with Crippen LogP contribution in [0.2, 0.25) is 0 Å². The molecule has 0 unspecified atom stereocenters. The van der Waals surface area contributed by atoms with E-state index in [4.69, 9.17) is 18.0 Å². The molecule has 0 aliphatic carbocycles. The first-order valence-corrected chi connectivity index (χ1v) is 7.07. The summed E-state index contributed by atoms with van der Waals surface area (Å²) in [4.78, 5) is 4.95. The molecule has 0 amide bonds. The molecule has 0 radical (unpaired) electrons. The third-order valence-electron chi connectivity index (χ3n) is 3.21. The van der Waals surface area contributed by atoms with E-state index in [1.165, 1.54) is 0 Å². The fourth-order valence-corrected chi connectivity index (χ4v) is 2.36. The van der Waals surface area contributed by atoms with Crippen molar-refractivity contribution in [3.05, 3.63) is 48.3 Å². The van der Waals surface area contributed by atoms with E-state index < -0.39 is 0 Å². The number of aromatic nitrogens is 3. The summed E-state index contributed by atoms with van der Waals surface area (Å²) >= 11 is 5.14. The summed E-state index contributed by atoms with van der Waals surface area (Å²) in [6, 6.07) is 9.67. The smallest absolute Gasteiger partial charge is 0.131 e. The van der Waals surface area contributed by atoms with E-state index in [0.717, 1.165) is 28.7 Å². The van der Waals surface area contributed by atoms with E-state index in [2.05, 4.69) is 15.4 Å². The first kappa shape index (κ1) is 13.5. The lowest BCUT2D eigenvalue weighted by molar-refractivity contribution is 0.660. The van der Waals surface area contributed by atoms with Gasteiger partial charge in [-0.15, -0.1) is 0 Å². The van der Waals surface area contributed by atoms with Crippen LogP contribution >= 0.6 is 12.2 Å². The molecule has 0 fully saturated rings. The maximum Gasteiger partial charge on any atom is 0.131 e. The van der Waals surface area contributed by atoms with Crippen LogP contribution in [0.5, 0.6) is 0 Å². The van der Waals surface area contributed by atoms with Gasteiger partial charge in [-0.1, -0.05) is 30.4 Å². The van der Waals surface area contributed by atoms with Crippen molar-refractivity contribution in [3.8, 4) is 0 Å². The quantitative estimate of drug-likeness (QED) is 0.725. The van der Waals surface area contributed by atoms with Gasteiger partial charge in [0.15, 0.2) is 0 Å². The van der Waals surface area contributed by atoms with Crippen molar-refractivity contribution in [1.82, 2.24) is 14.8 Å². The van der Waals surface area contributed by atoms with Gasteiger partial charge in [-0.25, -0.2) is 4.98 Å². The van der Waals surface area contributed by atoms with E-state index in [9.17, 15) is 0 Å². The number of para-hydroxylation sites is 1. The van der Waals surface area contributed by atoms with Crippen LogP contribution < -0.4 is 11.1 Å². The molecule has 0 aliphatic heterocycles. The second-order valence-corrected chi connectivity index (χ2v) is 5.09. The Balaban J connectivity index is 2.04. The van der Waals surface area contributed by atoms with Crippen molar-refractivity contribution in [1.29, 1.82) is 0 Å². The van der Waals surface area contributed by atoms with Crippen molar-refractivity contribution in [2.45, 2.75) is 13.5 Å². The summed E-state index contributed by atoms with van der Waals surface area (Å²) in [7, 11) is 0. The maximum absolute atomic E-state index is 5.83. The number of nitrogens with one attached hydrogen (secondary N) is 1. The molecule has 3 rings (SSSR count). The van der Waals surface area contributed by atoms with Crippen molar-refractivity contribution in [2.24, 2.45) is 5.73 Å². The molecule has 0 aliphatic rings. The fourth-order valence-electron chi connectivity index (χ4n) is 2.19. The van der Waals surface area contributed by atoms with Gasteiger partial charge in [0.2, 0.25) is 0 Å². The van der Waals surface area contributed by atoms with E-state index >= 15 is 0 Å². The van der Waals surface area contributed by atoms with Gasteiger partial charge >= 0.3 is 0 Å². The second kappa shape index (κ2) is 5.49. The minimum atomic E-state index is 0.362. The molecule has 1 aromatic carbocycles. The number of rotatable bonds is 4. The lowest BCUT2D eigenvalue weighted by Gasteiger charge is -2.09. The van der Waals surface area contributed by atoms with Crippen LogP contribution in [0.1, 0.15) is 12.5 Å². The van der Waals surface area contributed by atoms with Crippen molar-refractivity contribution in [3.63, 3.8) is 0 Å². The van der Waals surface area contributed by atoms with Crippen LogP contribution in [-0.2, 0) is 6.54 Å². The molecule has 2 aromatic heterocycles. The van der Waals surface area contributed by atoms with Crippen molar-refractivity contribution >= 4 is 39.6 Å². The molecule has 106 valence electrons. The highest BCUT2D eigenvalue weighted by molar-refractivity contribution is 7.80. The summed E-state index contributed by atoms with van der Waals surface area (Å²) in [6.45, 7) is 2.86. The molecule has 3 aromatic rings. The zero-order valence-corrected chi connectivity index (χ0v) is 12.4. The number of fused-ring (bicyclic) bond motifs is 1. The maximum atomic E-state index is 5.83. The normalized spacial score (nSPS) is 10.7.